The molecule has 170 valence electrons. The number of fused-ring (bicyclic) bond motifs is 1. The maximum atomic E-state index is 13.6. The van der Waals surface area contributed by atoms with Gasteiger partial charge in [0.15, 0.2) is 0 Å². The first kappa shape index (κ1) is 23.8. The molecule has 1 amide bonds. The van der Waals surface area contributed by atoms with Crippen molar-refractivity contribution >= 4 is 28.4 Å². The predicted molar refractivity (Wildman–Crippen MR) is 129 cm³/mol. The van der Waals surface area contributed by atoms with Crippen LogP contribution < -0.4 is 10.3 Å². The predicted octanol–water partition coefficient (Wildman–Crippen LogP) is 4.96. The van der Waals surface area contributed by atoms with Crippen molar-refractivity contribution in [1.82, 2.24) is 14.5 Å². The van der Waals surface area contributed by atoms with Crippen molar-refractivity contribution in [3.63, 3.8) is 0 Å². The SMILES string of the molecule is CCOc1ccc(-n2c(C(C)N(CCC(C)C)C(=O)CCl)nc3ccccc3c2=O)cc1. The van der Waals surface area contributed by atoms with Gasteiger partial charge in [-0.2, -0.15) is 0 Å². The molecule has 7 heteroatoms. The van der Waals surface area contributed by atoms with Crippen molar-refractivity contribution in [2.75, 3.05) is 19.0 Å². The van der Waals surface area contributed by atoms with Crippen molar-refractivity contribution < 1.29 is 9.53 Å². The summed E-state index contributed by atoms with van der Waals surface area (Å²) in [6.45, 7) is 9.13. The van der Waals surface area contributed by atoms with Gasteiger partial charge < -0.3 is 9.64 Å². The Hall–Kier alpha value is -2.86. The van der Waals surface area contributed by atoms with Gasteiger partial charge in [0.1, 0.15) is 17.5 Å². The first-order chi connectivity index (χ1) is 15.4. The van der Waals surface area contributed by atoms with Gasteiger partial charge in [-0.25, -0.2) is 4.98 Å². The summed E-state index contributed by atoms with van der Waals surface area (Å²) in [5, 5.41) is 0.523. The van der Waals surface area contributed by atoms with Gasteiger partial charge in [0.25, 0.3) is 5.56 Å². The number of alkyl halides is 1. The molecule has 0 aliphatic heterocycles. The first-order valence-corrected chi connectivity index (χ1v) is 11.5. The molecule has 1 atom stereocenters. The number of ether oxygens (including phenoxy) is 1. The number of hydrogen-bond donors (Lipinski definition) is 0. The standard InChI is InChI=1S/C25H30ClN3O3/c1-5-32-20-12-10-19(11-13-20)29-24(27-22-9-7-6-8-21(22)25(29)31)18(4)28(23(30)16-26)15-14-17(2)3/h6-13,17-18H,5,14-16H2,1-4H3. The molecular formula is C25H30ClN3O3. The van der Waals surface area contributed by atoms with E-state index < -0.39 is 6.04 Å². The largest absolute Gasteiger partial charge is 0.494 e. The highest BCUT2D eigenvalue weighted by Gasteiger charge is 2.26. The molecular weight excluding hydrogens is 426 g/mol. The highest BCUT2D eigenvalue weighted by molar-refractivity contribution is 6.27. The lowest BCUT2D eigenvalue weighted by Crippen LogP contribution is -2.39. The normalized spacial score (nSPS) is 12.2. The van der Waals surface area contributed by atoms with Crippen LogP contribution in [0.15, 0.2) is 53.3 Å². The van der Waals surface area contributed by atoms with Crippen LogP contribution >= 0.6 is 11.6 Å². The molecule has 6 nitrogen and oxygen atoms in total. The van der Waals surface area contributed by atoms with E-state index in [0.29, 0.717) is 41.5 Å². The molecule has 0 bridgehead atoms. The van der Waals surface area contributed by atoms with E-state index in [1.54, 1.807) is 15.5 Å². The maximum Gasteiger partial charge on any atom is 0.266 e. The molecule has 2 aromatic carbocycles. The van der Waals surface area contributed by atoms with Crippen molar-refractivity contribution in [2.24, 2.45) is 5.92 Å². The van der Waals surface area contributed by atoms with Crippen molar-refractivity contribution in [1.29, 1.82) is 0 Å². The van der Waals surface area contributed by atoms with Crippen LogP contribution in [0.3, 0.4) is 0 Å². The van der Waals surface area contributed by atoms with Crippen LogP contribution in [0.5, 0.6) is 5.75 Å². The minimum Gasteiger partial charge on any atom is -0.494 e. The summed E-state index contributed by atoms with van der Waals surface area (Å²) in [6, 6.07) is 14.1. The Morgan fingerprint density at radius 3 is 2.44 bits per heavy atom. The number of benzene rings is 2. The second-order valence-electron chi connectivity index (χ2n) is 8.13. The summed E-state index contributed by atoms with van der Waals surface area (Å²) >= 11 is 5.93. The van der Waals surface area contributed by atoms with E-state index in [1.165, 1.54) is 0 Å². The van der Waals surface area contributed by atoms with Crippen molar-refractivity contribution in [2.45, 2.75) is 40.2 Å². The lowest BCUT2D eigenvalue weighted by molar-refractivity contribution is -0.131. The van der Waals surface area contributed by atoms with Gasteiger partial charge in [-0.15, -0.1) is 11.6 Å². The average molecular weight is 456 g/mol. The van der Waals surface area contributed by atoms with E-state index in [2.05, 4.69) is 13.8 Å². The number of rotatable bonds is 9. The minimum absolute atomic E-state index is 0.122. The number of carbonyl (C=O) groups excluding carboxylic acids is 1. The van der Waals surface area contributed by atoms with Crippen LogP contribution in [-0.4, -0.2) is 39.4 Å². The molecule has 3 rings (SSSR count). The quantitative estimate of drug-likeness (QED) is 0.428. The van der Waals surface area contributed by atoms with Crippen LogP contribution in [0.2, 0.25) is 0 Å². The summed E-state index contributed by atoms with van der Waals surface area (Å²) in [5.41, 5.74) is 1.09. The Labute approximate surface area is 193 Å². The fraction of sp³-hybridized carbons (Fsp3) is 0.400. The number of hydrogen-bond acceptors (Lipinski definition) is 4. The van der Waals surface area contributed by atoms with Gasteiger partial charge in [0.2, 0.25) is 5.91 Å². The molecule has 0 aliphatic rings. The van der Waals surface area contributed by atoms with E-state index in [1.807, 2.05) is 56.3 Å². The fourth-order valence-corrected chi connectivity index (χ4v) is 3.84. The Kier molecular flexibility index (Phi) is 7.91. The van der Waals surface area contributed by atoms with Crippen LogP contribution in [0, 0.1) is 5.92 Å². The Morgan fingerprint density at radius 1 is 1.12 bits per heavy atom. The van der Waals surface area contributed by atoms with Gasteiger partial charge in [-0.05, 0) is 62.6 Å². The zero-order valence-electron chi connectivity index (χ0n) is 19.0. The summed E-state index contributed by atoms with van der Waals surface area (Å²) in [7, 11) is 0. The molecule has 0 fully saturated rings. The molecule has 0 radical (unpaired) electrons. The monoisotopic (exact) mass is 455 g/mol. The highest BCUT2D eigenvalue weighted by Crippen LogP contribution is 2.25. The number of halogens is 1. The minimum atomic E-state index is -0.441. The van der Waals surface area contributed by atoms with Crippen LogP contribution in [0.1, 0.15) is 46.0 Å². The molecule has 1 unspecified atom stereocenters. The number of amides is 1. The molecule has 1 heterocycles. The molecule has 0 aliphatic carbocycles. The van der Waals surface area contributed by atoms with Crippen molar-refractivity contribution in [3.05, 3.63) is 64.7 Å². The fourth-order valence-electron chi connectivity index (χ4n) is 3.69. The number of aromatic nitrogens is 2. The second-order valence-corrected chi connectivity index (χ2v) is 8.40. The van der Waals surface area contributed by atoms with Crippen LogP contribution in [0.25, 0.3) is 16.6 Å². The molecule has 0 saturated heterocycles. The lowest BCUT2D eigenvalue weighted by atomic mass is 10.1. The van der Waals surface area contributed by atoms with E-state index >= 15 is 0 Å². The Balaban J connectivity index is 2.18. The van der Waals surface area contributed by atoms with Crippen LogP contribution in [0.4, 0.5) is 0 Å². The molecule has 3 aromatic rings. The van der Waals surface area contributed by atoms with E-state index in [0.717, 1.165) is 12.2 Å². The maximum absolute atomic E-state index is 13.6. The summed E-state index contributed by atoms with van der Waals surface area (Å²) in [6.07, 6.45) is 0.827. The van der Waals surface area contributed by atoms with Crippen LogP contribution in [-0.2, 0) is 4.79 Å². The van der Waals surface area contributed by atoms with Crippen molar-refractivity contribution in [3.8, 4) is 11.4 Å². The Bertz CT molecular complexity index is 1130. The van der Waals surface area contributed by atoms with E-state index in [-0.39, 0.29) is 17.3 Å². The summed E-state index contributed by atoms with van der Waals surface area (Å²) in [5.74, 6) is 1.35. The van der Waals surface area contributed by atoms with E-state index in [4.69, 9.17) is 21.3 Å². The third-order valence-electron chi connectivity index (χ3n) is 5.43. The second kappa shape index (κ2) is 10.6. The van der Waals surface area contributed by atoms with Gasteiger partial charge >= 0.3 is 0 Å². The van der Waals surface area contributed by atoms with E-state index in [9.17, 15) is 9.59 Å². The first-order valence-electron chi connectivity index (χ1n) is 11.0. The smallest absolute Gasteiger partial charge is 0.266 e. The molecule has 0 saturated carbocycles. The zero-order chi connectivity index (χ0) is 23.3. The molecule has 0 N–H and O–H groups in total. The lowest BCUT2D eigenvalue weighted by Gasteiger charge is -2.30. The van der Waals surface area contributed by atoms with Gasteiger partial charge in [0, 0.05) is 6.54 Å². The summed E-state index contributed by atoms with van der Waals surface area (Å²) < 4.78 is 7.13. The number of nitrogens with zero attached hydrogens (tertiary/aromatic N) is 3. The third-order valence-corrected chi connectivity index (χ3v) is 5.66. The number of carbonyl (C=O) groups is 1. The van der Waals surface area contributed by atoms with Gasteiger partial charge in [-0.1, -0.05) is 26.0 Å². The number of para-hydroxylation sites is 1. The highest BCUT2D eigenvalue weighted by atomic mass is 35.5. The van der Waals surface area contributed by atoms with Gasteiger partial charge in [0.05, 0.1) is 29.2 Å². The zero-order valence-corrected chi connectivity index (χ0v) is 19.8. The molecule has 32 heavy (non-hydrogen) atoms. The third kappa shape index (κ3) is 5.13. The Morgan fingerprint density at radius 2 is 1.81 bits per heavy atom. The summed E-state index contributed by atoms with van der Waals surface area (Å²) in [4.78, 5) is 32.8. The molecule has 0 spiro atoms. The topological polar surface area (TPSA) is 64.4 Å². The molecule has 1 aromatic heterocycles. The van der Waals surface area contributed by atoms with Gasteiger partial charge in [-0.3, -0.25) is 14.2 Å². The average Bonchev–Trinajstić information content (AvgIpc) is 2.79.